The molecule has 1 atom stereocenters. The average Bonchev–Trinajstić information content (AvgIpc) is 2.06. The first-order chi connectivity index (χ1) is 5.70. The van der Waals surface area contributed by atoms with Gasteiger partial charge in [-0.25, -0.2) is 0 Å². The van der Waals surface area contributed by atoms with E-state index in [0.29, 0.717) is 5.92 Å². The van der Waals surface area contributed by atoms with Crippen molar-refractivity contribution in [2.75, 3.05) is 0 Å². The van der Waals surface area contributed by atoms with E-state index in [2.05, 4.69) is 0 Å². The van der Waals surface area contributed by atoms with Crippen LogP contribution in [0.15, 0.2) is 0 Å². The topological polar surface area (TPSA) is 40.9 Å². The van der Waals surface area contributed by atoms with Crippen LogP contribution < -0.4 is 0 Å². The molecule has 0 aromatic heterocycles. The minimum atomic E-state index is -0.451. The van der Waals surface area contributed by atoms with E-state index in [0.717, 1.165) is 6.42 Å². The Morgan fingerprint density at radius 1 is 1.42 bits per heavy atom. The third-order valence-electron chi connectivity index (χ3n) is 2.78. The number of hydrogen-bond donors (Lipinski definition) is 0. The Labute approximate surface area is 74.5 Å². The molecule has 0 heterocycles. The summed E-state index contributed by atoms with van der Waals surface area (Å²) in [5.74, 6) is 0.686. The quantitative estimate of drug-likeness (QED) is 0.638. The fourth-order valence-electron chi connectivity index (χ4n) is 1.92. The van der Waals surface area contributed by atoms with Crippen molar-refractivity contribution in [3.63, 3.8) is 0 Å². The maximum absolute atomic E-state index is 10.8. The Balaban J connectivity index is 2.24. The van der Waals surface area contributed by atoms with Crippen molar-refractivity contribution in [2.45, 2.75) is 51.5 Å². The van der Waals surface area contributed by atoms with Crippen LogP contribution in [-0.2, 0) is 4.79 Å². The van der Waals surface area contributed by atoms with Gasteiger partial charge >= 0.3 is 0 Å². The number of carbonyl (C=O) groups is 1. The highest BCUT2D eigenvalue weighted by Gasteiger charge is 2.15. The van der Waals surface area contributed by atoms with Gasteiger partial charge in [0.25, 0.3) is 0 Å². The van der Waals surface area contributed by atoms with Gasteiger partial charge in [-0.2, -0.15) is 0 Å². The van der Waals surface area contributed by atoms with Crippen molar-refractivity contribution in [2.24, 2.45) is 5.92 Å². The zero-order chi connectivity index (χ0) is 8.97. The van der Waals surface area contributed by atoms with E-state index in [9.17, 15) is 4.79 Å². The van der Waals surface area contributed by atoms with E-state index in [1.807, 2.05) is 0 Å². The second-order valence-electron chi connectivity index (χ2n) is 3.90. The molecule has 1 aliphatic rings. The van der Waals surface area contributed by atoms with Gasteiger partial charge in [-0.1, -0.05) is 44.6 Å². The van der Waals surface area contributed by atoms with Crippen molar-refractivity contribution in [1.82, 2.24) is 0 Å². The molecule has 0 aliphatic heterocycles. The number of carbonyl (C=O) groups excluding carboxylic acids is 1. The van der Waals surface area contributed by atoms with Gasteiger partial charge in [0, 0.05) is 0 Å². The average molecular weight is 168 g/mol. The smallest absolute Gasteiger partial charge is 0.112 e. The molecule has 2 nitrogen and oxygen atoms in total. The molecule has 2 heteroatoms. The van der Waals surface area contributed by atoms with Crippen LogP contribution in [0.1, 0.15) is 45.4 Å². The summed E-state index contributed by atoms with van der Waals surface area (Å²) < 4.78 is 0. The first-order valence-electron chi connectivity index (χ1n) is 4.91. The Morgan fingerprint density at radius 2 is 2.00 bits per heavy atom. The predicted molar refractivity (Wildman–Crippen MR) is 50.0 cm³/mol. The van der Waals surface area contributed by atoms with E-state index in [1.54, 1.807) is 0 Å². The number of nitrogens with one attached hydrogen (secondary N) is 1. The van der Waals surface area contributed by atoms with E-state index in [-0.39, 0.29) is 5.78 Å². The lowest BCUT2D eigenvalue weighted by atomic mass is 9.84. The maximum Gasteiger partial charge on any atom is 0.112 e. The lowest BCUT2D eigenvalue weighted by Crippen LogP contribution is -2.19. The number of rotatable bonds is 3. The summed E-state index contributed by atoms with van der Waals surface area (Å²) in [5.41, 5.74) is 7.51. The molecule has 1 aliphatic carbocycles. The predicted octanol–water partition coefficient (Wildman–Crippen LogP) is 2.97. The fraction of sp³-hybridized carbons (Fsp3) is 0.900. The molecule has 1 saturated carbocycles. The fourth-order valence-corrected chi connectivity index (χ4v) is 1.92. The highest BCUT2D eigenvalue weighted by atomic mass is 16.1. The van der Waals surface area contributed by atoms with Crippen LogP contribution in [0.4, 0.5) is 0 Å². The van der Waals surface area contributed by atoms with Crippen molar-refractivity contribution in [3.05, 3.63) is 5.73 Å². The minimum absolute atomic E-state index is 0.0283. The molecule has 0 saturated heterocycles. The number of hydrogen-bond acceptors (Lipinski definition) is 1. The summed E-state index contributed by atoms with van der Waals surface area (Å²) in [6.45, 7) is 1.53. The molecule has 1 N–H and O–H groups in total. The highest BCUT2D eigenvalue weighted by Crippen LogP contribution is 2.27. The van der Waals surface area contributed by atoms with Crippen LogP contribution in [0.2, 0.25) is 0 Å². The van der Waals surface area contributed by atoms with Gasteiger partial charge in [0.05, 0.1) is 0 Å². The molecule has 0 radical (unpaired) electrons. The zero-order valence-electron chi connectivity index (χ0n) is 7.81. The summed E-state index contributed by atoms with van der Waals surface area (Å²) in [6, 6.07) is -0.451. The van der Waals surface area contributed by atoms with E-state index < -0.39 is 6.04 Å². The largest absolute Gasteiger partial charge is 0.668 e. The van der Waals surface area contributed by atoms with Gasteiger partial charge in [0.15, 0.2) is 0 Å². The highest BCUT2D eigenvalue weighted by molar-refractivity contribution is 5.82. The molecule has 1 unspecified atom stereocenters. The van der Waals surface area contributed by atoms with E-state index >= 15 is 0 Å². The molecule has 12 heavy (non-hydrogen) atoms. The monoisotopic (exact) mass is 168 g/mol. The molecule has 0 amide bonds. The Morgan fingerprint density at radius 3 is 2.50 bits per heavy atom. The van der Waals surface area contributed by atoms with Gasteiger partial charge in [-0.15, -0.1) is 0 Å². The standard InChI is InChI=1S/C10H18NO/c1-8(12)10(11)7-9-5-3-2-4-6-9/h9-11H,2-7H2,1H3/q-1. The van der Waals surface area contributed by atoms with Crippen LogP contribution in [0, 0.1) is 5.92 Å². The third kappa shape index (κ3) is 2.94. The van der Waals surface area contributed by atoms with Gasteiger partial charge in [-0.3, -0.25) is 0 Å². The van der Waals surface area contributed by atoms with Gasteiger partial charge in [0.2, 0.25) is 0 Å². The molecule has 70 valence electrons. The van der Waals surface area contributed by atoms with E-state index in [4.69, 9.17) is 5.73 Å². The summed E-state index contributed by atoms with van der Waals surface area (Å²) in [6.07, 6.45) is 7.23. The van der Waals surface area contributed by atoms with Crippen LogP contribution in [0.3, 0.4) is 0 Å². The molecule has 0 aromatic carbocycles. The second-order valence-corrected chi connectivity index (χ2v) is 3.90. The van der Waals surface area contributed by atoms with Gasteiger partial charge in [0.1, 0.15) is 5.78 Å². The Kier molecular flexibility index (Phi) is 3.73. The summed E-state index contributed by atoms with van der Waals surface area (Å²) in [7, 11) is 0. The molecule has 1 fully saturated rings. The summed E-state index contributed by atoms with van der Waals surface area (Å²) in [4.78, 5) is 10.8. The van der Waals surface area contributed by atoms with Crippen LogP contribution in [-0.4, -0.2) is 11.8 Å². The Hall–Kier alpha value is -0.370. The molecule has 0 aromatic rings. The van der Waals surface area contributed by atoms with Crippen molar-refractivity contribution >= 4 is 5.78 Å². The molecular weight excluding hydrogens is 150 g/mol. The van der Waals surface area contributed by atoms with Crippen molar-refractivity contribution in [3.8, 4) is 0 Å². The van der Waals surface area contributed by atoms with Crippen LogP contribution in [0.5, 0.6) is 0 Å². The lowest BCUT2D eigenvalue weighted by molar-refractivity contribution is -0.117. The van der Waals surface area contributed by atoms with Crippen molar-refractivity contribution < 1.29 is 4.79 Å². The minimum Gasteiger partial charge on any atom is -0.668 e. The third-order valence-corrected chi connectivity index (χ3v) is 2.78. The molecule has 0 spiro atoms. The normalized spacial score (nSPS) is 22.2. The molecule has 1 rings (SSSR count). The second kappa shape index (κ2) is 4.61. The van der Waals surface area contributed by atoms with Crippen LogP contribution >= 0.6 is 0 Å². The lowest BCUT2D eigenvalue weighted by Gasteiger charge is -2.27. The molecule has 0 bridgehead atoms. The van der Waals surface area contributed by atoms with Gasteiger partial charge < -0.3 is 10.5 Å². The van der Waals surface area contributed by atoms with Crippen molar-refractivity contribution in [1.29, 1.82) is 0 Å². The summed E-state index contributed by atoms with van der Waals surface area (Å²) in [5, 5.41) is 0. The first kappa shape index (κ1) is 9.72. The number of ketones is 1. The molecular formula is C10H18NO-. The number of Topliss-reactive ketones (excluding diaryl/α,β-unsaturated/α-hetero) is 1. The summed E-state index contributed by atoms with van der Waals surface area (Å²) >= 11 is 0. The van der Waals surface area contributed by atoms with Gasteiger partial charge in [-0.05, 0) is 12.8 Å². The SMILES string of the molecule is CC(=O)C([NH-])CC1CCCCC1. The Bertz CT molecular complexity index is 150. The van der Waals surface area contributed by atoms with E-state index in [1.165, 1.54) is 39.0 Å². The maximum atomic E-state index is 10.8. The van der Waals surface area contributed by atoms with Crippen LogP contribution in [0.25, 0.3) is 5.73 Å². The first-order valence-corrected chi connectivity index (χ1v) is 4.91. The zero-order valence-corrected chi connectivity index (χ0v) is 7.81.